The number of carbonyl (C=O) groups excluding carboxylic acids is 3. The Morgan fingerprint density at radius 2 is 1.28 bits per heavy atom. The summed E-state index contributed by atoms with van der Waals surface area (Å²) < 4.78 is 0. The lowest BCUT2D eigenvalue weighted by Gasteiger charge is -2.29. The minimum atomic E-state index is -2.97. The molecule has 0 unspecified atom stereocenters. The second-order valence-electron chi connectivity index (χ2n) is 3.77. The van der Waals surface area contributed by atoms with Crippen LogP contribution in [-0.4, -0.2) is 28.6 Å². The second-order valence-corrected chi connectivity index (χ2v) is 3.77. The zero-order valence-corrected chi connectivity index (χ0v) is 10.4. The first kappa shape index (κ1) is 18.7. The van der Waals surface area contributed by atoms with Crippen molar-refractivity contribution in [3.8, 4) is 0 Å². The highest BCUT2D eigenvalue weighted by Crippen LogP contribution is 2.13. The van der Waals surface area contributed by atoms with E-state index in [0.29, 0.717) is 0 Å². The van der Waals surface area contributed by atoms with Crippen molar-refractivity contribution in [2.45, 2.75) is 51.6 Å². The van der Waals surface area contributed by atoms with Crippen molar-refractivity contribution in [1.29, 1.82) is 0 Å². The molecule has 0 aliphatic carbocycles. The molecule has 0 atom stereocenters. The summed E-state index contributed by atoms with van der Waals surface area (Å²) >= 11 is 0. The summed E-state index contributed by atoms with van der Waals surface area (Å²) in [6.07, 6.45) is 1.36. The highest BCUT2D eigenvalue weighted by molar-refractivity contribution is 5.86. The summed E-state index contributed by atoms with van der Waals surface area (Å²) in [6.45, 7) is 4.42. The van der Waals surface area contributed by atoms with Gasteiger partial charge in [0.2, 0.25) is 0 Å². The summed E-state index contributed by atoms with van der Waals surface area (Å²) in [6, 6.07) is 0. The molecule has 18 heavy (non-hydrogen) atoms. The number of unbranched alkanes of at least 4 members (excludes halogenated alkanes) is 2. The van der Waals surface area contributed by atoms with E-state index in [1.165, 1.54) is 19.3 Å². The van der Waals surface area contributed by atoms with Crippen molar-refractivity contribution in [2.75, 3.05) is 0 Å². The lowest BCUT2D eigenvalue weighted by molar-refractivity contribution is -0.339. The van der Waals surface area contributed by atoms with Crippen molar-refractivity contribution < 1.29 is 34.8 Å². The Kier molecular flexibility index (Phi) is 9.79. The zero-order valence-electron chi connectivity index (χ0n) is 10.4. The van der Waals surface area contributed by atoms with Gasteiger partial charge in [-0.25, -0.2) is 0 Å². The molecule has 7 nitrogen and oxygen atoms in total. The van der Waals surface area contributed by atoms with Gasteiger partial charge < -0.3 is 34.8 Å². The number of carboxylic acids is 3. The highest BCUT2D eigenvalue weighted by Gasteiger charge is 2.29. The van der Waals surface area contributed by atoms with Crippen molar-refractivity contribution in [2.24, 2.45) is 0 Å². The molecule has 0 saturated heterocycles. The van der Waals surface area contributed by atoms with Gasteiger partial charge >= 0.3 is 0 Å². The third-order valence-corrected chi connectivity index (χ3v) is 1.96. The first-order valence-electron chi connectivity index (χ1n) is 5.53. The predicted octanol–water partition coefficient (Wildman–Crippen LogP) is -3.06. The largest absolute Gasteiger partial charge is 0.550 e. The van der Waals surface area contributed by atoms with E-state index in [4.69, 9.17) is 5.11 Å². The standard InChI is InChI=1S/C6H8O7.C5H12/c7-3(8)1-6(13,5(11)12)2-4(9)10;1-3-5-4-2/h13H,1-2H2,(H,7,8)(H,9,10)(H,11,12);3-5H2,1-2H3/p-3. The van der Waals surface area contributed by atoms with Crippen LogP contribution in [0.15, 0.2) is 0 Å². The van der Waals surface area contributed by atoms with E-state index in [0.717, 1.165) is 0 Å². The number of aliphatic hydroxyl groups is 1. The molecule has 0 radical (unpaired) electrons. The Labute approximate surface area is 105 Å². The molecule has 0 heterocycles. The van der Waals surface area contributed by atoms with E-state index in [1.807, 2.05) is 0 Å². The first-order chi connectivity index (χ1) is 8.19. The summed E-state index contributed by atoms with van der Waals surface area (Å²) in [7, 11) is 0. The third-order valence-electron chi connectivity index (χ3n) is 1.96. The molecule has 106 valence electrons. The Bertz CT molecular complexity index is 267. The highest BCUT2D eigenvalue weighted by atomic mass is 16.4. The van der Waals surface area contributed by atoms with Gasteiger partial charge in [0.15, 0.2) is 0 Å². The van der Waals surface area contributed by atoms with Crippen LogP contribution in [0.25, 0.3) is 0 Å². The topological polar surface area (TPSA) is 141 Å². The number of carbonyl (C=O) groups is 3. The van der Waals surface area contributed by atoms with Gasteiger partial charge in [-0.15, -0.1) is 0 Å². The van der Waals surface area contributed by atoms with Crippen LogP contribution in [0.4, 0.5) is 0 Å². The van der Waals surface area contributed by atoms with Crippen LogP contribution >= 0.6 is 0 Å². The van der Waals surface area contributed by atoms with Crippen LogP contribution in [0, 0.1) is 0 Å². The van der Waals surface area contributed by atoms with Crippen LogP contribution in [0.1, 0.15) is 46.0 Å². The molecule has 0 spiro atoms. The molecule has 0 aliphatic heterocycles. The fourth-order valence-corrected chi connectivity index (χ4v) is 1.04. The summed E-state index contributed by atoms with van der Waals surface area (Å²) in [5, 5.41) is 38.9. The van der Waals surface area contributed by atoms with E-state index >= 15 is 0 Å². The van der Waals surface area contributed by atoms with E-state index < -0.39 is 36.4 Å². The van der Waals surface area contributed by atoms with Gasteiger partial charge in [-0.3, -0.25) is 0 Å². The predicted molar refractivity (Wildman–Crippen MR) is 54.4 cm³/mol. The van der Waals surface area contributed by atoms with Crippen molar-refractivity contribution in [3.05, 3.63) is 0 Å². The molecule has 0 aromatic heterocycles. The van der Waals surface area contributed by atoms with Crippen LogP contribution in [0.3, 0.4) is 0 Å². The third kappa shape index (κ3) is 9.59. The van der Waals surface area contributed by atoms with Crippen molar-refractivity contribution in [3.63, 3.8) is 0 Å². The van der Waals surface area contributed by atoms with Crippen LogP contribution in [0.2, 0.25) is 0 Å². The van der Waals surface area contributed by atoms with Gasteiger partial charge in [-0.1, -0.05) is 33.1 Å². The van der Waals surface area contributed by atoms with E-state index in [1.54, 1.807) is 0 Å². The molecule has 0 aromatic rings. The van der Waals surface area contributed by atoms with Crippen LogP contribution in [-0.2, 0) is 14.4 Å². The number of carboxylic acid groups (broad SMARTS) is 3. The number of hydrogen-bond acceptors (Lipinski definition) is 7. The van der Waals surface area contributed by atoms with Gasteiger partial charge in [0.25, 0.3) is 0 Å². The number of hydrogen-bond donors (Lipinski definition) is 1. The van der Waals surface area contributed by atoms with Crippen LogP contribution in [0.5, 0.6) is 0 Å². The molecule has 7 heteroatoms. The summed E-state index contributed by atoms with van der Waals surface area (Å²) in [5.74, 6) is -5.98. The maximum Gasteiger partial charge on any atom is 0.114 e. The first-order valence-corrected chi connectivity index (χ1v) is 5.53. The van der Waals surface area contributed by atoms with E-state index in [9.17, 15) is 29.7 Å². The summed E-state index contributed by atoms with van der Waals surface area (Å²) in [5.41, 5.74) is -2.97. The van der Waals surface area contributed by atoms with Gasteiger partial charge in [0.1, 0.15) is 5.60 Å². The zero-order chi connectivity index (χ0) is 14.8. The molecule has 0 saturated carbocycles. The molecular weight excluding hydrogens is 244 g/mol. The van der Waals surface area contributed by atoms with Crippen molar-refractivity contribution in [1.82, 2.24) is 0 Å². The average molecular weight is 261 g/mol. The molecule has 0 amide bonds. The molecule has 0 bridgehead atoms. The lowest BCUT2D eigenvalue weighted by Crippen LogP contribution is -2.54. The maximum atomic E-state index is 10.1. The minimum Gasteiger partial charge on any atom is -0.550 e. The van der Waals surface area contributed by atoms with Gasteiger partial charge in [-0.05, 0) is 0 Å². The Morgan fingerprint density at radius 3 is 1.39 bits per heavy atom. The van der Waals surface area contributed by atoms with E-state index in [2.05, 4.69) is 13.8 Å². The quantitative estimate of drug-likeness (QED) is 0.513. The van der Waals surface area contributed by atoms with Crippen LogP contribution < -0.4 is 15.3 Å². The lowest BCUT2D eigenvalue weighted by atomic mass is 9.96. The Hall–Kier alpha value is -1.63. The Balaban J connectivity index is 0. The molecular formula is C11H17O7-3. The Morgan fingerprint density at radius 1 is 0.944 bits per heavy atom. The van der Waals surface area contributed by atoms with Gasteiger partial charge in [0, 0.05) is 24.8 Å². The number of aliphatic carboxylic acids is 3. The van der Waals surface area contributed by atoms with Crippen molar-refractivity contribution >= 4 is 17.9 Å². The fraction of sp³-hybridized carbons (Fsp3) is 0.727. The molecule has 0 rings (SSSR count). The normalized spacial score (nSPS) is 10.2. The number of rotatable bonds is 7. The van der Waals surface area contributed by atoms with Gasteiger partial charge in [-0.2, -0.15) is 0 Å². The minimum absolute atomic E-state index is 1.34. The molecule has 0 aliphatic rings. The van der Waals surface area contributed by atoms with Gasteiger partial charge in [0.05, 0.1) is 5.97 Å². The van der Waals surface area contributed by atoms with E-state index in [-0.39, 0.29) is 0 Å². The average Bonchev–Trinajstić information content (AvgIpc) is 2.16. The molecule has 0 aromatic carbocycles. The monoisotopic (exact) mass is 261 g/mol. The second kappa shape index (κ2) is 9.41. The smallest absolute Gasteiger partial charge is 0.114 e. The SMILES string of the molecule is CCCCC.O=C([O-])CC(O)(CC(=O)[O-])C(=O)[O-]. The summed E-state index contributed by atoms with van der Waals surface area (Å²) in [4.78, 5) is 30.0. The molecule has 0 fully saturated rings. The molecule has 1 N–H and O–H groups in total. The maximum absolute atomic E-state index is 10.1. The fourth-order valence-electron chi connectivity index (χ4n) is 1.04.